The molecule has 5 atom stereocenters. The van der Waals surface area contributed by atoms with E-state index in [0.29, 0.717) is 17.8 Å². The van der Waals surface area contributed by atoms with Gasteiger partial charge in [-0.3, -0.25) is 9.59 Å². The first-order valence-electron chi connectivity index (χ1n) is 7.43. The molecule has 20 heavy (non-hydrogen) atoms. The van der Waals surface area contributed by atoms with Crippen molar-refractivity contribution in [2.75, 3.05) is 18.1 Å². The Morgan fingerprint density at radius 1 is 1.25 bits per heavy atom. The summed E-state index contributed by atoms with van der Waals surface area (Å²) >= 11 is 5.39. The average Bonchev–Trinajstić information content (AvgIpc) is 3.02. The molecule has 1 unspecified atom stereocenters. The third-order valence-corrected chi connectivity index (χ3v) is 11.2. The number of amides is 1. The predicted octanol–water partition coefficient (Wildman–Crippen LogP) is 2.27. The lowest BCUT2D eigenvalue weighted by molar-refractivity contribution is -0.149. The van der Waals surface area contributed by atoms with E-state index in [1.165, 1.54) is 6.42 Å². The van der Waals surface area contributed by atoms with Crippen molar-refractivity contribution < 1.29 is 9.59 Å². The Balaban J connectivity index is 1.78. The van der Waals surface area contributed by atoms with Crippen LogP contribution in [0.15, 0.2) is 0 Å². The Morgan fingerprint density at radius 3 is 2.75 bits per heavy atom. The monoisotopic (exact) mass is 327 g/mol. The molecule has 5 saturated heterocycles. The van der Waals surface area contributed by atoms with E-state index in [0.717, 1.165) is 24.5 Å². The van der Waals surface area contributed by atoms with Gasteiger partial charge in [-0.15, -0.1) is 23.5 Å². The van der Waals surface area contributed by atoms with E-state index >= 15 is 0 Å². The van der Waals surface area contributed by atoms with Crippen LogP contribution < -0.4 is 0 Å². The van der Waals surface area contributed by atoms with E-state index in [1.807, 2.05) is 23.5 Å². The lowest BCUT2D eigenvalue weighted by Crippen LogP contribution is -2.72. The fourth-order valence-electron chi connectivity index (χ4n) is 5.54. The first-order valence-corrected chi connectivity index (χ1v) is 10.2. The van der Waals surface area contributed by atoms with E-state index < -0.39 is 0 Å². The van der Waals surface area contributed by atoms with Crippen LogP contribution in [-0.2, 0) is 9.59 Å². The van der Waals surface area contributed by atoms with E-state index in [9.17, 15) is 9.59 Å². The third-order valence-electron chi connectivity index (χ3n) is 5.97. The molecule has 6 aliphatic rings. The minimum absolute atomic E-state index is 0.131. The molecule has 0 N–H and O–H groups in total. The molecule has 0 radical (unpaired) electrons. The maximum absolute atomic E-state index is 12.9. The molecule has 2 bridgehead atoms. The van der Waals surface area contributed by atoms with Gasteiger partial charge in [0, 0.05) is 24.0 Å². The normalized spacial score (nSPS) is 51.4. The van der Waals surface area contributed by atoms with Crippen molar-refractivity contribution in [1.82, 2.24) is 4.90 Å². The highest BCUT2D eigenvalue weighted by Crippen LogP contribution is 2.75. The van der Waals surface area contributed by atoms with Crippen molar-refractivity contribution in [1.29, 1.82) is 0 Å². The SMILES string of the molecule is C[C@H]1C[C@H]2CCN3C(=O)[C@@H]4C(=O)S[C@]23C1C41SCCS1. The summed E-state index contributed by atoms with van der Waals surface area (Å²) < 4.78 is -0.131. The number of carbonyl (C=O) groups excluding carboxylic acids is 2. The minimum atomic E-state index is -0.379. The van der Waals surface area contributed by atoms with Gasteiger partial charge in [-0.25, -0.2) is 0 Å². The highest BCUT2D eigenvalue weighted by atomic mass is 32.2. The van der Waals surface area contributed by atoms with Crippen LogP contribution in [0.5, 0.6) is 0 Å². The second-order valence-corrected chi connectivity index (χ2v) is 11.0. The standard InChI is InChI=1S/C14H17NO2S3/c1-7-6-8-2-3-15-11(16)9-12(17)20-13(8,15)10(7)14(9)18-4-5-19-14/h7-10H,2-6H2,1H3/t7-,8+,9+,10?,13-/m0/s1. The summed E-state index contributed by atoms with van der Waals surface area (Å²) in [5.41, 5.74) is 0. The number of thioether (sulfide) groups is 3. The average molecular weight is 327 g/mol. The van der Waals surface area contributed by atoms with Gasteiger partial charge in [0.2, 0.25) is 11.0 Å². The summed E-state index contributed by atoms with van der Waals surface area (Å²) in [4.78, 5) is 27.5. The fraction of sp³-hybridized carbons (Fsp3) is 0.857. The Labute approximate surface area is 131 Å². The van der Waals surface area contributed by atoms with Gasteiger partial charge >= 0.3 is 0 Å². The van der Waals surface area contributed by atoms with Gasteiger partial charge in [-0.1, -0.05) is 18.7 Å². The van der Waals surface area contributed by atoms with Crippen LogP contribution in [0.3, 0.4) is 0 Å². The number of carbonyl (C=O) groups is 2. The van der Waals surface area contributed by atoms with Gasteiger partial charge in [0.1, 0.15) is 10.8 Å². The van der Waals surface area contributed by atoms with E-state index in [1.54, 1.807) is 11.8 Å². The Kier molecular flexibility index (Phi) is 2.38. The zero-order valence-corrected chi connectivity index (χ0v) is 13.8. The number of hydrogen-bond donors (Lipinski definition) is 0. The van der Waals surface area contributed by atoms with Gasteiger partial charge < -0.3 is 4.90 Å². The summed E-state index contributed by atoms with van der Waals surface area (Å²) in [5, 5.41) is 0.172. The van der Waals surface area contributed by atoms with Crippen LogP contribution in [-0.4, -0.2) is 42.9 Å². The van der Waals surface area contributed by atoms with Crippen molar-refractivity contribution in [3.05, 3.63) is 0 Å². The molecular weight excluding hydrogens is 310 g/mol. The molecule has 0 aromatic carbocycles. The molecule has 5 heterocycles. The predicted molar refractivity (Wildman–Crippen MR) is 83.6 cm³/mol. The van der Waals surface area contributed by atoms with Gasteiger partial charge in [0.25, 0.3) is 0 Å². The first kappa shape index (κ1) is 12.7. The Bertz CT molecular complexity index is 533. The number of hydrogen-bond acceptors (Lipinski definition) is 5. The van der Waals surface area contributed by atoms with Crippen LogP contribution >= 0.6 is 35.3 Å². The topological polar surface area (TPSA) is 37.4 Å². The van der Waals surface area contributed by atoms with Crippen molar-refractivity contribution in [3.8, 4) is 0 Å². The maximum Gasteiger partial charge on any atom is 0.237 e. The van der Waals surface area contributed by atoms with Crippen LogP contribution in [0.1, 0.15) is 19.8 Å². The van der Waals surface area contributed by atoms with Crippen LogP contribution in [0, 0.1) is 23.7 Å². The summed E-state index contributed by atoms with van der Waals surface area (Å²) in [6, 6.07) is 0. The van der Waals surface area contributed by atoms with E-state index in [2.05, 4.69) is 11.8 Å². The molecular formula is C14H17NO2S3. The first-order chi connectivity index (χ1) is 9.61. The highest BCUT2D eigenvalue weighted by Gasteiger charge is 2.79. The second kappa shape index (κ2) is 3.74. The summed E-state index contributed by atoms with van der Waals surface area (Å²) in [6.07, 6.45) is 2.30. The highest BCUT2D eigenvalue weighted by molar-refractivity contribution is 8.22. The quantitative estimate of drug-likeness (QED) is 0.638. The molecule has 6 fully saturated rings. The van der Waals surface area contributed by atoms with Crippen molar-refractivity contribution in [2.45, 2.75) is 28.7 Å². The lowest BCUT2D eigenvalue weighted by Gasteiger charge is -2.60. The molecule has 3 nitrogen and oxygen atoms in total. The number of fused-ring (bicyclic) bond motifs is 1. The van der Waals surface area contributed by atoms with Crippen molar-refractivity contribution >= 4 is 46.3 Å². The summed E-state index contributed by atoms with van der Waals surface area (Å²) in [7, 11) is 0. The largest absolute Gasteiger partial charge is 0.326 e. The van der Waals surface area contributed by atoms with Gasteiger partial charge in [0.05, 0.1) is 4.08 Å². The molecule has 0 aromatic rings. The smallest absolute Gasteiger partial charge is 0.237 e. The molecule has 1 aliphatic carbocycles. The van der Waals surface area contributed by atoms with Crippen LogP contribution in [0.25, 0.3) is 0 Å². The zero-order valence-electron chi connectivity index (χ0n) is 11.3. The molecule has 0 aromatic heterocycles. The third kappa shape index (κ3) is 1.12. The summed E-state index contributed by atoms with van der Waals surface area (Å²) in [5.74, 6) is 3.65. The molecule has 6 heteroatoms. The molecule has 2 spiro atoms. The molecule has 108 valence electrons. The lowest BCUT2D eigenvalue weighted by atomic mass is 9.78. The molecule has 1 saturated carbocycles. The van der Waals surface area contributed by atoms with E-state index in [4.69, 9.17) is 0 Å². The fourth-order valence-corrected chi connectivity index (χ4v) is 11.9. The van der Waals surface area contributed by atoms with Gasteiger partial charge in [-0.2, -0.15) is 0 Å². The molecule has 6 rings (SSSR count). The molecule has 5 aliphatic heterocycles. The van der Waals surface area contributed by atoms with E-state index in [-0.39, 0.29) is 25.9 Å². The van der Waals surface area contributed by atoms with Crippen LogP contribution in [0.2, 0.25) is 0 Å². The second-order valence-electron chi connectivity index (χ2n) is 6.69. The van der Waals surface area contributed by atoms with Gasteiger partial charge in [-0.05, 0) is 24.7 Å². The zero-order chi connectivity index (χ0) is 13.7. The van der Waals surface area contributed by atoms with Crippen molar-refractivity contribution in [3.63, 3.8) is 0 Å². The van der Waals surface area contributed by atoms with Crippen LogP contribution in [0.4, 0.5) is 0 Å². The Morgan fingerprint density at radius 2 is 2.00 bits per heavy atom. The number of rotatable bonds is 0. The Hall–Kier alpha value is 0.190. The summed E-state index contributed by atoms with van der Waals surface area (Å²) in [6.45, 7) is 3.24. The molecule has 1 amide bonds. The maximum atomic E-state index is 12.9. The number of piperidine rings is 1. The van der Waals surface area contributed by atoms with Crippen molar-refractivity contribution in [2.24, 2.45) is 23.7 Å². The minimum Gasteiger partial charge on any atom is -0.326 e. The number of nitrogens with zero attached hydrogens (tertiary/aromatic N) is 1. The van der Waals surface area contributed by atoms with Gasteiger partial charge in [0.15, 0.2) is 0 Å².